The van der Waals surface area contributed by atoms with Gasteiger partial charge in [0.15, 0.2) is 11.5 Å². The molecule has 0 unspecified atom stereocenters. The number of phenols is 1. The van der Waals surface area contributed by atoms with Gasteiger partial charge < -0.3 is 24.1 Å². The van der Waals surface area contributed by atoms with Crippen molar-refractivity contribution in [1.29, 1.82) is 0 Å². The summed E-state index contributed by atoms with van der Waals surface area (Å²) in [6, 6.07) is 9.07. The first-order valence-electron chi connectivity index (χ1n) is 7.17. The molecule has 2 aliphatic heterocycles. The van der Waals surface area contributed by atoms with E-state index in [0.29, 0.717) is 12.4 Å². The zero-order chi connectivity index (χ0) is 15.1. The molecule has 2 aromatic carbocycles. The first-order valence-corrected chi connectivity index (χ1v) is 7.17. The summed E-state index contributed by atoms with van der Waals surface area (Å²) in [4.78, 5) is 0. The fourth-order valence-electron chi connectivity index (χ4n) is 3.00. The topological polar surface area (TPSA) is 57.2 Å². The highest BCUT2D eigenvalue weighted by molar-refractivity contribution is 5.54. The Hall–Kier alpha value is -2.56. The smallest absolute Gasteiger partial charge is 0.231 e. The molecule has 2 aromatic rings. The van der Waals surface area contributed by atoms with E-state index in [2.05, 4.69) is 0 Å². The molecule has 2 heterocycles. The minimum absolute atomic E-state index is 0.168. The van der Waals surface area contributed by atoms with Gasteiger partial charge in [-0.3, -0.25) is 0 Å². The fourth-order valence-corrected chi connectivity index (χ4v) is 3.00. The normalized spacial score (nSPS) is 18.5. The summed E-state index contributed by atoms with van der Waals surface area (Å²) in [6.07, 6.45) is 0.825. The van der Waals surface area contributed by atoms with Gasteiger partial charge in [-0.25, -0.2) is 0 Å². The highest BCUT2D eigenvalue weighted by Gasteiger charge is 2.27. The predicted octanol–water partition coefficient (Wildman–Crippen LogP) is 2.85. The number of methoxy groups -OCH3 is 1. The molecule has 114 valence electrons. The minimum Gasteiger partial charge on any atom is -0.508 e. The molecule has 2 aliphatic rings. The van der Waals surface area contributed by atoms with E-state index in [9.17, 15) is 5.11 Å². The van der Waals surface area contributed by atoms with Crippen LogP contribution in [0.1, 0.15) is 17.0 Å². The van der Waals surface area contributed by atoms with Crippen molar-refractivity contribution in [2.24, 2.45) is 0 Å². The Morgan fingerprint density at radius 3 is 2.68 bits per heavy atom. The van der Waals surface area contributed by atoms with Crippen molar-refractivity contribution < 1.29 is 24.1 Å². The Labute approximate surface area is 128 Å². The van der Waals surface area contributed by atoms with Crippen molar-refractivity contribution in [3.8, 4) is 28.7 Å². The first kappa shape index (κ1) is 13.1. The summed E-state index contributed by atoms with van der Waals surface area (Å²) < 4.78 is 22.2. The molecule has 22 heavy (non-hydrogen) atoms. The van der Waals surface area contributed by atoms with Gasteiger partial charge >= 0.3 is 0 Å². The Morgan fingerprint density at radius 2 is 1.86 bits per heavy atom. The highest BCUT2D eigenvalue weighted by atomic mass is 16.7. The van der Waals surface area contributed by atoms with Crippen LogP contribution < -0.4 is 18.9 Å². The second-order valence-corrected chi connectivity index (χ2v) is 5.45. The van der Waals surface area contributed by atoms with Crippen LogP contribution in [0.3, 0.4) is 0 Å². The van der Waals surface area contributed by atoms with Gasteiger partial charge in [-0.05, 0) is 24.1 Å². The van der Waals surface area contributed by atoms with Gasteiger partial charge in [0.1, 0.15) is 17.2 Å². The lowest BCUT2D eigenvalue weighted by atomic mass is 9.89. The number of ether oxygens (including phenoxy) is 4. The molecule has 1 N–H and O–H groups in total. The third kappa shape index (κ3) is 2.09. The van der Waals surface area contributed by atoms with Crippen molar-refractivity contribution in [1.82, 2.24) is 0 Å². The van der Waals surface area contributed by atoms with Crippen LogP contribution in [0, 0.1) is 0 Å². The lowest BCUT2D eigenvalue weighted by Gasteiger charge is -2.27. The van der Waals surface area contributed by atoms with Crippen LogP contribution in [-0.2, 0) is 6.42 Å². The Bertz CT molecular complexity index is 725. The summed E-state index contributed by atoms with van der Waals surface area (Å²) in [7, 11) is 1.65. The third-order valence-electron chi connectivity index (χ3n) is 4.12. The van der Waals surface area contributed by atoms with Crippen LogP contribution in [0.25, 0.3) is 0 Å². The van der Waals surface area contributed by atoms with E-state index in [1.54, 1.807) is 19.2 Å². The number of rotatable bonds is 2. The van der Waals surface area contributed by atoms with Crippen molar-refractivity contribution in [3.05, 3.63) is 41.5 Å². The van der Waals surface area contributed by atoms with Crippen molar-refractivity contribution in [2.45, 2.75) is 12.3 Å². The van der Waals surface area contributed by atoms with Crippen LogP contribution in [0.15, 0.2) is 30.3 Å². The molecule has 0 bridgehead atoms. The van der Waals surface area contributed by atoms with Gasteiger partial charge in [-0.2, -0.15) is 0 Å². The average molecular weight is 300 g/mol. The molecule has 1 atom stereocenters. The quantitative estimate of drug-likeness (QED) is 0.924. The number of benzene rings is 2. The lowest BCUT2D eigenvalue weighted by Crippen LogP contribution is -2.19. The maximum atomic E-state index is 9.53. The largest absolute Gasteiger partial charge is 0.508 e. The molecule has 0 aromatic heterocycles. The molecule has 0 fully saturated rings. The molecule has 0 spiro atoms. The van der Waals surface area contributed by atoms with E-state index in [1.807, 2.05) is 18.2 Å². The predicted molar refractivity (Wildman–Crippen MR) is 79.2 cm³/mol. The van der Waals surface area contributed by atoms with Gasteiger partial charge in [0, 0.05) is 23.6 Å². The summed E-state index contributed by atoms with van der Waals surface area (Å²) >= 11 is 0. The van der Waals surface area contributed by atoms with Crippen LogP contribution in [0.4, 0.5) is 0 Å². The summed E-state index contributed by atoms with van der Waals surface area (Å²) in [5.74, 6) is 3.37. The van der Waals surface area contributed by atoms with Crippen molar-refractivity contribution in [2.75, 3.05) is 20.5 Å². The maximum absolute atomic E-state index is 9.53. The molecule has 0 radical (unpaired) electrons. The number of aromatic hydroxyl groups is 1. The molecular weight excluding hydrogens is 284 g/mol. The SMILES string of the molecule is COc1cc2c(cc1[C@@H]1COc3cc(O)ccc3C1)OCO2. The van der Waals surface area contributed by atoms with E-state index >= 15 is 0 Å². The molecule has 0 aliphatic carbocycles. The molecule has 0 amide bonds. The van der Waals surface area contributed by atoms with Crippen LogP contribution >= 0.6 is 0 Å². The number of phenolic OH excluding ortho intramolecular Hbond substituents is 1. The monoisotopic (exact) mass is 300 g/mol. The third-order valence-corrected chi connectivity index (χ3v) is 4.12. The zero-order valence-corrected chi connectivity index (χ0v) is 12.2. The fraction of sp³-hybridized carbons (Fsp3) is 0.294. The maximum Gasteiger partial charge on any atom is 0.231 e. The Kier molecular flexibility index (Phi) is 2.99. The Balaban J connectivity index is 1.70. The summed E-state index contributed by atoms with van der Waals surface area (Å²) in [6.45, 7) is 0.775. The van der Waals surface area contributed by atoms with E-state index in [-0.39, 0.29) is 18.5 Å². The van der Waals surface area contributed by atoms with Crippen LogP contribution in [0.5, 0.6) is 28.7 Å². The first-order chi connectivity index (χ1) is 10.7. The minimum atomic E-state index is 0.168. The van der Waals surface area contributed by atoms with E-state index in [4.69, 9.17) is 18.9 Å². The highest BCUT2D eigenvalue weighted by Crippen LogP contribution is 2.43. The molecular formula is C17H16O5. The zero-order valence-electron chi connectivity index (χ0n) is 12.2. The number of hydrogen-bond donors (Lipinski definition) is 1. The second kappa shape index (κ2) is 5.02. The van der Waals surface area contributed by atoms with Crippen LogP contribution in [0.2, 0.25) is 0 Å². The van der Waals surface area contributed by atoms with Gasteiger partial charge in [-0.1, -0.05) is 6.07 Å². The second-order valence-electron chi connectivity index (χ2n) is 5.45. The number of fused-ring (bicyclic) bond motifs is 2. The van der Waals surface area contributed by atoms with E-state index in [0.717, 1.165) is 34.8 Å². The molecule has 4 rings (SSSR count). The van der Waals surface area contributed by atoms with Crippen molar-refractivity contribution in [3.63, 3.8) is 0 Å². The van der Waals surface area contributed by atoms with Gasteiger partial charge in [0.05, 0.1) is 13.7 Å². The molecule has 0 saturated heterocycles. The average Bonchev–Trinajstić information content (AvgIpc) is 3.00. The standard InChI is InChI=1S/C17H16O5/c1-19-15-7-17-16(21-9-22-17)6-13(15)11-4-10-2-3-12(18)5-14(10)20-8-11/h2-3,5-7,11,18H,4,8-9H2,1H3/t11-/m0/s1. The van der Waals surface area contributed by atoms with E-state index < -0.39 is 0 Å². The van der Waals surface area contributed by atoms with Crippen LogP contribution in [-0.4, -0.2) is 25.6 Å². The molecule has 5 heteroatoms. The Morgan fingerprint density at radius 1 is 1.05 bits per heavy atom. The van der Waals surface area contributed by atoms with Crippen molar-refractivity contribution >= 4 is 0 Å². The van der Waals surface area contributed by atoms with Gasteiger partial charge in [0.25, 0.3) is 0 Å². The molecule has 5 nitrogen and oxygen atoms in total. The molecule has 0 saturated carbocycles. The number of hydrogen-bond acceptors (Lipinski definition) is 5. The van der Waals surface area contributed by atoms with E-state index in [1.165, 1.54) is 0 Å². The summed E-state index contributed by atoms with van der Waals surface area (Å²) in [5.41, 5.74) is 2.12. The summed E-state index contributed by atoms with van der Waals surface area (Å²) in [5, 5.41) is 9.53. The lowest BCUT2D eigenvalue weighted by molar-refractivity contribution is 0.173. The van der Waals surface area contributed by atoms with Gasteiger partial charge in [-0.15, -0.1) is 0 Å². The van der Waals surface area contributed by atoms with Gasteiger partial charge in [0.2, 0.25) is 6.79 Å².